The summed E-state index contributed by atoms with van der Waals surface area (Å²) >= 11 is 2.80. The van der Waals surface area contributed by atoms with Crippen LogP contribution in [0.3, 0.4) is 0 Å². The van der Waals surface area contributed by atoms with Gasteiger partial charge < -0.3 is 5.11 Å². The molecule has 17 heavy (non-hydrogen) atoms. The average molecular weight is 266 g/mol. The van der Waals surface area contributed by atoms with Crippen molar-refractivity contribution in [2.24, 2.45) is 0 Å². The van der Waals surface area contributed by atoms with Crippen LogP contribution < -0.4 is 0 Å². The lowest BCUT2D eigenvalue weighted by Crippen LogP contribution is -1.99. The Morgan fingerprint density at radius 2 is 2.41 bits per heavy atom. The number of hydrogen-bond donors (Lipinski definition) is 1. The van der Waals surface area contributed by atoms with Crippen molar-refractivity contribution >= 4 is 29.1 Å². The number of pyridine rings is 1. The summed E-state index contributed by atoms with van der Waals surface area (Å²) in [6, 6.07) is 3.17. The zero-order chi connectivity index (χ0) is 12.3. The van der Waals surface area contributed by atoms with Gasteiger partial charge in [-0.15, -0.1) is 11.3 Å². The molecule has 88 valence electrons. The molecule has 0 amide bonds. The summed E-state index contributed by atoms with van der Waals surface area (Å²) in [5.41, 5.74) is 1.23. The quantitative estimate of drug-likeness (QED) is 0.921. The van der Waals surface area contributed by atoms with Crippen molar-refractivity contribution in [2.75, 3.05) is 0 Å². The second-order valence-electron chi connectivity index (χ2n) is 3.22. The molecule has 2 aromatic rings. The number of aryl methyl sites for hydroxylation is 1. The van der Waals surface area contributed by atoms with Crippen LogP contribution in [-0.4, -0.2) is 21.0 Å². The first-order valence-corrected chi connectivity index (χ1v) is 6.71. The normalized spacial score (nSPS) is 10.4. The average Bonchev–Trinajstić information content (AvgIpc) is 2.77. The fraction of sp³-hybridized carbons (Fsp3) is 0.182. The van der Waals surface area contributed by atoms with E-state index in [4.69, 9.17) is 5.11 Å². The summed E-state index contributed by atoms with van der Waals surface area (Å²) in [7, 11) is 0. The number of aromatic carboxylic acids is 1. The summed E-state index contributed by atoms with van der Waals surface area (Å²) in [6.45, 7) is 2.03. The van der Waals surface area contributed by atoms with E-state index in [1.807, 2.05) is 12.3 Å². The van der Waals surface area contributed by atoms with Crippen LogP contribution in [-0.2, 0) is 6.42 Å². The van der Waals surface area contributed by atoms with Crippen molar-refractivity contribution < 1.29 is 9.90 Å². The SMILES string of the molecule is CCc1csc(Sc2ncccc2C(=O)O)n1. The van der Waals surface area contributed by atoms with E-state index in [9.17, 15) is 4.79 Å². The third-order valence-corrected chi connectivity index (χ3v) is 4.08. The van der Waals surface area contributed by atoms with Crippen LogP contribution in [0.15, 0.2) is 33.1 Å². The molecule has 0 saturated heterocycles. The number of nitrogens with zero attached hydrogens (tertiary/aromatic N) is 2. The van der Waals surface area contributed by atoms with Crippen LogP contribution in [0.1, 0.15) is 23.0 Å². The first-order chi connectivity index (χ1) is 8.20. The van der Waals surface area contributed by atoms with E-state index in [2.05, 4.69) is 9.97 Å². The van der Waals surface area contributed by atoms with Crippen LogP contribution in [0.2, 0.25) is 0 Å². The van der Waals surface area contributed by atoms with Gasteiger partial charge in [0.15, 0.2) is 4.34 Å². The van der Waals surface area contributed by atoms with Gasteiger partial charge in [0.05, 0.1) is 11.3 Å². The second-order valence-corrected chi connectivity index (χ2v) is 5.32. The number of carboxylic acids is 1. The zero-order valence-electron chi connectivity index (χ0n) is 9.08. The molecule has 0 fully saturated rings. The Bertz CT molecular complexity index is 540. The molecule has 0 atom stereocenters. The summed E-state index contributed by atoms with van der Waals surface area (Å²) in [4.78, 5) is 19.5. The molecular weight excluding hydrogens is 256 g/mol. The number of carbonyl (C=O) groups is 1. The fourth-order valence-electron chi connectivity index (χ4n) is 1.22. The van der Waals surface area contributed by atoms with Crippen LogP contribution >= 0.6 is 23.1 Å². The molecule has 0 aliphatic rings. The number of aromatic nitrogens is 2. The van der Waals surface area contributed by atoms with E-state index in [1.54, 1.807) is 18.3 Å². The topological polar surface area (TPSA) is 63.1 Å². The zero-order valence-corrected chi connectivity index (χ0v) is 10.7. The van der Waals surface area contributed by atoms with E-state index in [-0.39, 0.29) is 5.56 Å². The van der Waals surface area contributed by atoms with E-state index >= 15 is 0 Å². The molecule has 0 saturated carbocycles. The van der Waals surface area contributed by atoms with Crippen molar-refractivity contribution in [3.8, 4) is 0 Å². The first kappa shape index (κ1) is 12.1. The van der Waals surface area contributed by atoms with Crippen LogP contribution in [0.4, 0.5) is 0 Å². The van der Waals surface area contributed by atoms with Crippen LogP contribution in [0.25, 0.3) is 0 Å². The Kier molecular flexibility index (Phi) is 3.75. The fourth-order valence-corrected chi connectivity index (χ4v) is 3.12. The largest absolute Gasteiger partial charge is 0.478 e. The molecule has 2 rings (SSSR count). The Labute approximate surface area is 107 Å². The number of rotatable bonds is 4. The summed E-state index contributed by atoms with van der Waals surface area (Å²) < 4.78 is 0.822. The molecule has 1 N–H and O–H groups in total. The van der Waals surface area contributed by atoms with E-state index in [1.165, 1.54) is 23.1 Å². The van der Waals surface area contributed by atoms with Crippen molar-refractivity contribution in [3.63, 3.8) is 0 Å². The van der Waals surface area contributed by atoms with Gasteiger partial charge in [0.25, 0.3) is 0 Å². The molecular formula is C11H10N2O2S2. The molecule has 0 aromatic carbocycles. The number of carboxylic acid groups (broad SMARTS) is 1. The summed E-state index contributed by atoms with van der Waals surface area (Å²) in [6.07, 6.45) is 2.47. The highest BCUT2D eigenvalue weighted by molar-refractivity contribution is 8.01. The van der Waals surface area contributed by atoms with E-state index < -0.39 is 5.97 Å². The second kappa shape index (κ2) is 5.29. The van der Waals surface area contributed by atoms with Gasteiger partial charge in [-0.25, -0.2) is 14.8 Å². The van der Waals surface area contributed by atoms with E-state index in [0.717, 1.165) is 16.5 Å². The lowest BCUT2D eigenvalue weighted by Gasteiger charge is -2.01. The minimum atomic E-state index is -0.965. The molecule has 0 spiro atoms. The number of thiazole rings is 1. The third-order valence-electron chi connectivity index (χ3n) is 2.08. The van der Waals surface area contributed by atoms with Crippen molar-refractivity contribution in [3.05, 3.63) is 35.0 Å². The van der Waals surface area contributed by atoms with Crippen molar-refractivity contribution in [1.82, 2.24) is 9.97 Å². The van der Waals surface area contributed by atoms with E-state index in [0.29, 0.717) is 5.03 Å². The van der Waals surface area contributed by atoms with Gasteiger partial charge in [-0.2, -0.15) is 0 Å². The predicted octanol–water partition coefficient (Wildman–Crippen LogP) is 2.95. The Balaban J connectivity index is 2.26. The molecule has 0 aliphatic heterocycles. The highest BCUT2D eigenvalue weighted by Gasteiger charge is 2.13. The molecule has 0 radical (unpaired) electrons. The van der Waals surface area contributed by atoms with Gasteiger partial charge in [0.2, 0.25) is 0 Å². The predicted molar refractivity (Wildman–Crippen MR) is 66.8 cm³/mol. The Morgan fingerprint density at radius 1 is 1.59 bits per heavy atom. The molecule has 2 heterocycles. The minimum Gasteiger partial charge on any atom is -0.478 e. The number of hydrogen-bond acceptors (Lipinski definition) is 5. The molecule has 0 unspecified atom stereocenters. The Morgan fingerprint density at radius 3 is 3.06 bits per heavy atom. The lowest BCUT2D eigenvalue weighted by molar-refractivity contribution is 0.0692. The smallest absolute Gasteiger partial charge is 0.338 e. The molecule has 0 bridgehead atoms. The molecule has 6 heteroatoms. The van der Waals surface area contributed by atoms with Crippen LogP contribution in [0, 0.1) is 0 Å². The standard InChI is InChI=1S/C11H10N2O2S2/c1-2-7-6-16-11(13-7)17-9-8(10(14)15)4-3-5-12-9/h3-6H,2H2,1H3,(H,14,15). The minimum absolute atomic E-state index is 0.214. The van der Waals surface area contributed by atoms with Gasteiger partial charge >= 0.3 is 5.97 Å². The Hall–Kier alpha value is -1.40. The monoisotopic (exact) mass is 266 g/mol. The maximum atomic E-state index is 11.0. The van der Waals surface area contributed by atoms with Gasteiger partial charge in [-0.1, -0.05) is 6.92 Å². The summed E-state index contributed by atoms with van der Waals surface area (Å²) in [5.74, 6) is -0.965. The van der Waals surface area contributed by atoms with Gasteiger partial charge in [0.1, 0.15) is 5.03 Å². The molecule has 0 aliphatic carbocycles. The van der Waals surface area contributed by atoms with Gasteiger partial charge in [-0.05, 0) is 30.3 Å². The maximum Gasteiger partial charge on any atom is 0.338 e. The molecule has 2 aromatic heterocycles. The lowest BCUT2D eigenvalue weighted by atomic mass is 10.3. The highest BCUT2D eigenvalue weighted by atomic mass is 32.2. The van der Waals surface area contributed by atoms with Gasteiger partial charge in [0, 0.05) is 11.6 Å². The summed E-state index contributed by atoms with van der Waals surface area (Å²) in [5, 5.41) is 11.5. The first-order valence-electron chi connectivity index (χ1n) is 5.01. The molecule has 4 nitrogen and oxygen atoms in total. The maximum absolute atomic E-state index is 11.0. The van der Waals surface area contributed by atoms with Gasteiger partial charge in [-0.3, -0.25) is 0 Å². The highest BCUT2D eigenvalue weighted by Crippen LogP contribution is 2.31. The van der Waals surface area contributed by atoms with Crippen molar-refractivity contribution in [1.29, 1.82) is 0 Å². The third kappa shape index (κ3) is 2.83. The van der Waals surface area contributed by atoms with Crippen molar-refractivity contribution in [2.45, 2.75) is 22.7 Å². The van der Waals surface area contributed by atoms with Crippen LogP contribution in [0.5, 0.6) is 0 Å².